The summed E-state index contributed by atoms with van der Waals surface area (Å²) in [6.45, 7) is 5.34. The van der Waals surface area contributed by atoms with Gasteiger partial charge in [0, 0.05) is 26.2 Å². The predicted octanol–water partition coefficient (Wildman–Crippen LogP) is 2.87. The van der Waals surface area contributed by atoms with E-state index in [4.69, 9.17) is 0 Å². The topological polar surface area (TPSA) is 57.7 Å². The Labute approximate surface area is 173 Å². The van der Waals surface area contributed by atoms with Crippen LogP contribution in [0.2, 0.25) is 0 Å². The van der Waals surface area contributed by atoms with Crippen LogP contribution < -0.4 is 0 Å². The maximum atomic E-state index is 13.0. The Balaban J connectivity index is 1.39. The molecule has 154 valence electrons. The number of carbonyl (C=O) groups is 1. The fourth-order valence-corrected chi connectivity index (χ4v) is 6.06. The van der Waals surface area contributed by atoms with E-state index in [1.165, 1.54) is 21.9 Å². The molecule has 5 nitrogen and oxygen atoms in total. The molecule has 4 rings (SSSR count). The second-order valence-electron chi connectivity index (χ2n) is 8.19. The zero-order valence-electron chi connectivity index (χ0n) is 17.1. The molecule has 0 unspecified atom stereocenters. The Morgan fingerprint density at radius 1 is 0.931 bits per heavy atom. The van der Waals surface area contributed by atoms with Gasteiger partial charge in [-0.2, -0.15) is 4.31 Å². The Bertz CT molecular complexity index is 1040. The number of amides is 1. The van der Waals surface area contributed by atoms with Gasteiger partial charge in [-0.05, 0) is 61.4 Å². The average Bonchev–Trinajstić information content (AvgIpc) is 3.15. The van der Waals surface area contributed by atoms with E-state index in [-0.39, 0.29) is 5.91 Å². The van der Waals surface area contributed by atoms with Gasteiger partial charge in [-0.1, -0.05) is 35.9 Å². The summed E-state index contributed by atoms with van der Waals surface area (Å²) in [5, 5.41) is 0. The third-order valence-electron chi connectivity index (χ3n) is 6.06. The molecule has 0 aromatic heterocycles. The zero-order valence-corrected chi connectivity index (χ0v) is 18.0. The highest BCUT2D eigenvalue weighted by molar-refractivity contribution is 7.89. The van der Waals surface area contributed by atoms with Crippen LogP contribution in [0.5, 0.6) is 0 Å². The highest BCUT2D eigenvalue weighted by Crippen LogP contribution is 2.24. The standard InChI is InChI=1S/C23H28N2O3S/c1-17-6-9-22(18(2)14-17)29(27,28)25-12-10-24(11-13-25)23(26)16-19-7-8-20-4-3-5-21(20)15-19/h6-9,14-15H,3-5,10-13,16H2,1-2H3. The third-order valence-corrected chi connectivity index (χ3v) is 8.12. The van der Waals surface area contributed by atoms with Crippen LogP contribution >= 0.6 is 0 Å². The van der Waals surface area contributed by atoms with Crippen molar-refractivity contribution in [1.82, 2.24) is 9.21 Å². The minimum atomic E-state index is -3.53. The van der Waals surface area contributed by atoms with Crippen molar-refractivity contribution >= 4 is 15.9 Å². The lowest BCUT2D eigenvalue weighted by Crippen LogP contribution is -2.50. The lowest BCUT2D eigenvalue weighted by Gasteiger charge is -2.34. The summed E-state index contributed by atoms with van der Waals surface area (Å²) in [5.74, 6) is 0.0755. The van der Waals surface area contributed by atoms with Crippen LogP contribution in [0.3, 0.4) is 0 Å². The van der Waals surface area contributed by atoms with Gasteiger partial charge in [0.25, 0.3) is 0 Å². The number of carbonyl (C=O) groups excluding carboxylic acids is 1. The molecule has 2 aromatic carbocycles. The number of aryl methyl sites for hydroxylation is 4. The fraction of sp³-hybridized carbons (Fsp3) is 0.435. The molecule has 0 radical (unpaired) electrons. The molecular formula is C23H28N2O3S. The molecule has 1 aliphatic carbocycles. The van der Waals surface area contributed by atoms with Gasteiger partial charge in [-0.3, -0.25) is 4.79 Å². The van der Waals surface area contributed by atoms with Crippen molar-refractivity contribution in [3.63, 3.8) is 0 Å². The van der Waals surface area contributed by atoms with E-state index >= 15 is 0 Å². The predicted molar refractivity (Wildman–Crippen MR) is 113 cm³/mol. The first-order chi connectivity index (χ1) is 13.8. The summed E-state index contributed by atoms with van der Waals surface area (Å²) >= 11 is 0. The van der Waals surface area contributed by atoms with E-state index in [1.54, 1.807) is 11.0 Å². The Morgan fingerprint density at radius 2 is 1.66 bits per heavy atom. The molecule has 1 aliphatic heterocycles. The first-order valence-electron chi connectivity index (χ1n) is 10.3. The SMILES string of the molecule is Cc1ccc(S(=O)(=O)N2CCN(C(=O)Cc3ccc4c(c3)CCC4)CC2)c(C)c1. The summed E-state index contributed by atoms with van der Waals surface area (Å²) in [6, 6.07) is 11.8. The largest absolute Gasteiger partial charge is 0.340 e. The maximum Gasteiger partial charge on any atom is 0.243 e. The van der Waals surface area contributed by atoms with Gasteiger partial charge in [0.15, 0.2) is 0 Å². The van der Waals surface area contributed by atoms with Crippen LogP contribution in [0.15, 0.2) is 41.3 Å². The quantitative estimate of drug-likeness (QED) is 0.776. The van der Waals surface area contributed by atoms with Gasteiger partial charge in [-0.15, -0.1) is 0 Å². The van der Waals surface area contributed by atoms with Crippen LogP contribution in [-0.2, 0) is 34.1 Å². The molecule has 29 heavy (non-hydrogen) atoms. The van der Waals surface area contributed by atoms with E-state index < -0.39 is 10.0 Å². The molecule has 1 saturated heterocycles. The molecule has 2 aromatic rings. The number of fused-ring (bicyclic) bond motifs is 1. The van der Waals surface area contributed by atoms with Crippen LogP contribution in [-0.4, -0.2) is 49.7 Å². The minimum Gasteiger partial charge on any atom is -0.340 e. The Morgan fingerprint density at radius 3 is 2.38 bits per heavy atom. The molecule has 0 atom stereocenters. The molecule has 1 amide bonds. The van der Waals surface area contributed by atoms with Crippen molar-refractivity contribution in [2.75, 3.05) is 26.2 Å². The van der Waals surface area contributed by atoms with Crippen LogP contribution in [0.1, 0.15) is 34.2 Å². The monoisotopic (exact) mass is 412 g/mol. The summed E-state index contributed by atoms with van der Waals surface area (Å²) in [7, 11) is -3.53. The first kappa shape index (κ1) is 20.1. The van der Waals surface area contributed by atoms with Gasteiger partial charge < -0.3 is 4.90 Å². The molecule has 1 heterocycles. The molecule has 0 bridgehead atoms. The van der Waals surface area contributed by atoms with Crippen molar-refractivity contribution < 1.29 is 13.2 Å². The molecule has 0 spiro atoms. The summed E-state index contributed by atoms with van der Waals surface area (Å²) in [5.41, 5.74) is 5.65. The highest BCUT2D eigenvalue weighted by Gasteiger charge is 2.31. The van der Waals surface area contributed by atoms with Crippen LogP contribution in [0.25, 0.3) is 0 Å². The number of sulfonamides is 1. The summed E-state index contributed by atoms with van der Waals surface area (Å²) in [6.07, 6.45) is 3.83. The molecular weight excluding hydrogens is 384 g/mol. The van der Waals surface area contributed by atoms with E-state index in [0.717, 1.165) is 29.5 Å². The summed E-state index contributed by atoms with van der Waals surface area (Å²) in [4.78, 5) is 14.9. The Kier molecular flexibility index (Phi) is 5.49. The Hall–Kier alpha value is -2.18. The lowest BCUT2D eigenvalue weighted by atomic mass is 10.0. The van der Waals surface area contributed by atoms with Gasteiger partial charge >= 0.3 is 0 Å². The number of hydrogen-bond donors (Lipinski definition) is 0. The number of benzene rings is 2. The van der Waals surface area contributed by atoms with Crippen molar-refractivity contribution in [3.05, 3.63) is 64.2 Å². The van der Waals surface area contributed by atoms with Crippen LogP contribution in [0, 0.1) is 13.8 Å². The number of rotatable bonds is 4. The van der Waals surface area contributed by atoms with Crippen molar-refractivity contribution in [2.45, 2.75) is 44.4 Å². The molecule has 0 N–H and O–H groups in total. The lowest BCUT2D eigenvalue weighted by molar-refractivity contribution is -0.131. The van der Waals surface area contributed by atoms with Gasteiger partial charge in [-0.25, -0.2) is 8.42 Å². The van der Waals surface area contributed by atoms with Gasteiger partial charge in [0.05, 0.1) is 11.3 Å². The summed E-state index contributed by atoms with van der Waals surface area (Å²) < 4.78 is 27.5. The molecule has 2 aliphatic rings. The smallest absolute Gasteiger partial charge is 0.243 e. The van der Waals surface area contributed by atoms with E-state index in [1.807, 2.05) is 26.0 Å². The number of nitrogens with zero attached hydrogens (tertiary/aromatic N) is 2. The molecule has 0 saturated carbocycles. The zero-order chi connectivity index (χ0) is 20.6. The minimum absolute atomic E-state index is 0.0755. The normalized spacial score (nSPS) is 17.4. The van der Waals surface area contributed by atoms with E-state index in [9.17, 15) is 13.2 Å². The van der Waals surface area contributed by atoms with Crippen molar-refractivity contribution in [3.8, 4) is 0 Å². The average molecular weight is 413 g/mol. The molecule has 1 fully saturated rings. The van der Waals surface area contributed by atoms with Gasteiger partial charge in [0.2, 0.25) is 15.9 Å². The second-order valence-corrected chi connectivity index (χ2v) is 10.1. The van der Waals surface area contributed by atoms with E-state index in [2.05, 4.69) is 18.2 Å². The fourth-order valence-electron chi connectivity index (χ4n) is 4.43. The molecule has 6 heteroatoms. The van der Waals surface area contributed by atoms with E-state index in [0.29, 0.717) is 37.5 Å². The first-order valence-corrected chi connectivity index (χ1v) is 11.7. The van der Waals surface area contributed by atoms with Gasteiger partial charge in [0.1, 0.15) is 0 Å². The number of hydrogen-bond acceptors (Lipinski definition) is 3. The third kappa shape index (κ3) is 4.09. The number of piperazine rings is 1. The maximum absolute atomic E-state index is 13.0. The van der Waals surface area contributed by atoms with Crippen LogP contribution in [0.4, 0.5) is 0 Å². The highest BCUT2D eigenvalue weighted by atomic mass is 32.2. The second kappa shape index (κ2) is 7.92. The van der Waals surface area contributed by atoms with Crippen molar-refractivity contribution in [2.24, 2.45) is 0 Å². The van der Waals surface area contributed by atoms with Crippen molar-refractivity contribution in [1.29, 1.82) is 0 Å².